The number of rotatable bonds is 6. The third-order valence-electron chi connectivity index (χ3n) is 1.76. The zero-order valence-corrected chi connectivity index (χ0v) is 9.20. The molecule has 0 bridgehead atoms. The summed E-state index contributed by atoms with van der Waals surface area (Å²) in [7, 11) is 0. The second-order valence-corrected chi connectivity index (χ2v) is 4.30. The lowest BCUT2D eigenvalue weighted by Crippen LogP contribution is -2.29. The molecule has 0 fully saturated rings. The average Bonchev–Trinajstić information content (AvgIpc) is 2.56. The largest absolute Gasteiger partial charge is 0.291 e. The predicted molar refractivity (Wildman–Crippen MR) is 56.3 cm³/mol. The minimum absolute atomic E-state index is 0.204. The minimum atomic E-state index is -2.29. The van der Waals surface area contributed by atoms with Crippen LogP contribution < -0.4 is 0 Å². The van der Waals surface area contributed by atoms with Crippen LogP contribution in [0.2, 0.25) is 0 Å². The molecule has 0 unspecified atom stereocenters. The Bertz CT molecular complexity index is 241. The van der Waals surface area contributed by atoms with Crippen molar-refractivity contribution in [1.29, 1.82) is 0 Å². The summed E-state index contributed by atoms with van der Waals surface area (Å²) in [6, 6.07) is 3.86. The number of halogens is 3. The van der Waals surface area contributed by atoms with Crippen molar-refractivity contribution in [2.75, 3.05) is 19.0 Å². The lowest BCUT2D eigenvalue weighted by atomic mass is 10.4. The van der Waals surface area contributed by atoms with Crippen molar-refractivity contribution in [3.63, 3.8) is 0 Å². The Kier molecular flexibility index (Phi) is 5.37. The van der Waals surface area contributed by atoms with Gasteiger partial charge in [-0.3, -0.25) is 4.90 Å². The van der Waals surface area contributed by atoms with E-state index in [9.17, 15) is 8.78 Å². The smallest absolute Gasteiger partial charge is 0.251 e. The van der Waals surface area contributed by atoms with Crippen LogP contribution in [0.1, 0.15) is 4.88 Å². The first-order valence-corrected chi connectivity index (χ1v) is 5.72. The summed E-state index contributed by atoms with van der Waals surface area (Å²) in [5.41, 5.74) is 0. The van der Waals surface area contributed by atoms with Crippen LogP contribution in [0.15, 0.2) is 17.5 Å². The summed E-state index contributed by atoms with van der Waals surface area (Å²) in [4.78, 5) is 2.76. The number of hydrogen-bond acceptors (Lipinski definition) is 2. The molecule has 0 saturated heterocycles. The van der Waals surface area contributed by atoms with Gasteiger partial charge >= 0.3 is 0 Å². The fraction of sp³-hybridized carbons (Fsp3) is 0.556. The van der Waals surface area contributed by atoms with Crippen molar-refractivity contribution in [3.05, 3.63) is 22.4 Å². The molecule has 0 aliphatic heterocycles. The Hall–Kier alpha value is -0.190. The van der Waals surface area contributed by atoms with Crippen LogP contribution in [0.5, 0.6) is 0 Å². The normalized spacial score (nSPS) is 11.5. The maximum Gasteiger partial charge on any atom is 0.251 e. The third kappa shape index (κ3) is 4.35. The molecule has 1 rings (SSSR count). The van der Waals surface area contributed by atoms with Crippen LogP contribution in [0.4, 0.5) is 8.78 Å². The van der Waals surface area contributed by atoms with Crippen molar-refractivity contribution >= 4 is 22.9 Å². The van der Waals surface area contributed by atoms with Gasteiger partial charge in [-0.1, -0.05) is 6.07 Å². The summed E-state index contributed by atoms with van der Waals surface area (Å²) in [6.45, 7) is 0.864. The van der Waals surface area contributed by atoms with E-state index < -0.39 is 6.43 Å². The molecule has 0 aliphatic rings. The van der Waals surface area contributed by atoms with Crippen LogP contribution in [-0.4, -0.2) is 30.3 Å². The fourth-order valence-corrected chi connectivity index (χ4v) is 2.16. The number of alkyl halides is 3. The van der Waals surface area contributed by atoms with Crippen LogP contribution in [-0.2, 0) is 6.54 Å². The second-order valence-electron chi connectivity index (χ2n) is 2.89. The highest BCUT2D eigenvalue weighted by Gasteiger charge is 2.12. The van der Waals surface area contributed by atoms with Crippen LogP contribution in [0, 0.1) is 0 Å². The minimum Gasteiger partial charge on any atom is -0.291 e. The van der Waals surface area contributed by atoms with Crippen molar-refractivity contribution in [1.82, 2.24) is 4.90 Å². The van der Waals surface area contributed by atoms with Gasteiger partial charge in [0.1, 0.15) is 0 Å². The van der Waals surface area contributed by atoms with Gasteiger partial charge in [0.05, 0.1) is 6.54 Å². The SMILES string of the molecule is FC(F)CN(CCCl)Cc1cccs1. The lowest BCUT2D eigenvalue weighted by molar-refractivity contribution is 0.0883. The first-order valence-electron chi connectivity index (χ1n) is 4.31. The van der Waals surface area contributed by atoms with Gasteiger partial charge in [-0.15, -0.1) is 22.9 Å². The van der Waals surface area contributed by atoms with Gasteiger partial charge in [0.2, 0.25) is 0 Å². The molecule has 1 nitrogen and oxygen atoms in total. The maximum absolute atomic E-state index is 12.2. The topological polar surface area (TPSA) is 3.24 Å². The Morgan fingerprint density at radius 1 is 1.50 bits per heavy atom. The van der Waals surface area contributed by atoms with Gasteiger partial charge in [-0.2, -0.15) is 0 Å². The number of hydrogen-bond donors (Lipinski definition) is 0. The van der Waals surface area contributed by atoms with Crippen molar-refractivity contribution in [2.24, 2.45) is 0 Å². The van der Waals surface area contributed by atoms with E-state index in [1.54, 1.807) is 16.2 Å². The third-order valence-corrected chi connectivity index (χ3v) is 2.79. The molecule has 0 N–H and O–H groups in total. The molecule has 5 heteroatoms. The van der Waals surface area contributed by atoms with E-state index in [4.69, 9.17) is 11.6 Å². The summed E-state index contributed by atoms with van der Waals surface area (Å²) in [5.74, 6) is 0.387. The molecule has 80 valence electrons. The van der Waals surface area contributed by atoms with E-state index >= 15 is 0 Å². The van der Waals surface area contributed by atoms with Gasteiger partial charge in [0.15, 0.2) is 0 Å². The van der Waals surface area contributed by atoms with Gasteiger partial charge in [-0.25, -0.2) is 8.78 Å². The average molecular weight is 240 g/mol. The van der Waals surface area contributed by atoms with Gasteiger partial charge in [-0.05, 0) is 11.4 Å². The monoisotopic (exact) mass is 239 g/mol. The quantitative estimate of drug-likeness (QED) is 0.690. The lowest BCUT2D eigenvalue weighted by Gasteiger charge is -2.19. The van der Waals surface area contributed by atoms with E-state index in [0.717, 1.165) is 4.88 Å². The summed E-state index contributed by atoms with van der Waals surface area (Å²) in [6.07, 6.45) is -2.29. The van der Waals surface area contributed by atoms with Crippen LogP contribution in [0.25, 0.3) is 0 Å². The first kappa shape index (κ1) is 11.9. The van der Waals surface area contributed by atoms with Crippen molar-refractivity contribution in [3.8, 4) is 0 Å². The van der Waals surface area contributed by atoms with Gasteiger partial charge < -0.3 is 0 Å². The molecule has 0 spiro atoms. The number of nitrogens with zero attached hydrogens (tertiary/aromatic N) is 1. The fourth-order valence-electron chi connectivity index (χ4n) is 1.17. The maximum atomic E-state index is 12.2. The molecule has 0 aliphatic carbocycles. The highest BCUT2D eigenvalue weighted by Crippen LogP contribution is 2.12. The molecule has 0 saturated carbocycles. The Balaban J connectivity index is 2.42. The summed E-state index contributed by atoms with van der Waals surface area (Å²) >= 11 is 7.11. The number of thiophene rings is 1. The molecule has 0 aromatic carbocycles. The van der Waals surface area contributed by atoms with Crippen molar-refractivity contribution in [2.45, 2.75) is 13.0 Å². The molecule has 0 atom stereocenters. The molecule has 1 aromatic rings. The van der Waals surface area contributed by atoms with E-state index in [2.05, 4.69) is 0 Å². The standard InChI is InChI=1S/C9H12ClF2NS/c10-3-4-13(7-9(11)12)6-8-2-1-5-14-8/h1-2,5,9H,3-4,6-7H2. The van der Waals surface area contributed by atoms with Crippen molar-refractivity contribution < 1.29 is 8.78 Å². The molecule has 0 radical (unpaired) electrons. The molecule has 1 heterocycles. The van der Waals surface area contributed by atoms with E-state index in [1.807, 2.05) is 17.5 Å². The highest BCUT2D eigenvalue weighted by atomic mass is 35.5. The molecule has 1 aromatic heterocycles. The predicted octanol–water partition coefficient (Wildman–Crippen LogP) is 3.05. The zero-order chi connectivity index (χ0) is 10.4. The van der Waals surface area contributed by atoms with Gasteiger partial charge in [0.25, 0.3) is 6.43 Å². The Labute approximate surface area is 91.3 Å². The summed E-state index contributed by atoms with van der Waals surface area (Å²) in [5, 5.41) is 1.94. The van der Waals surface area contributed by atoms with E-state index in [1.165, 1.54) is 0 Å². The van der Waals surface area contributed by atoms with Gasteiger partial charge in [0, 0.05) is 23.8 Å². The zero-order valence-electron chi connectivity index (χ0n) is 7.63. The second kappa shape index (κ2) is 6.32. The first-order chi connectivity index (χ1) is 6.72. The Morgan fingerprint density at radius 2 is 2.29 bits per heavy atom. The highest BCUT2D eigenvalue weighted by molar-refractivity contribution is 7.09. The Morgan fingerprint density at radius 3 is 2.79 bits per heavy atom. The van der Waals surface area contributed by atoms with Crippen LogP contribution >= 0.6 is 22.9 Å². The van der Waals surface area contributed by atoms with E-state index in [-0.39, 0.29) is 6.54 Å². The molecular weight excluding hydrogens is 228 g/mol. The molecule has 14 heavy (non-hydrogen) atoms. The molecule has 0 amide bonds. The van der Waals surface area contributed by atoms with E-state index in [0.29, 0.717) is 19.0 Å². The molecular formula is C9H12ClF2NS. The van der Waals surface area contributed by atoms with Crippen LogP contribution in [0.3, 0.4) is 0 Å². The summed E-state index contributed by atoms with van der Waals surface area (Å²) < 4.78 is 24.3.